The molecule has 0 aliphatic carbocycles. The van der Waals surface area contributed by atoms with Crippen LogP contribution in [0.4, 0.5) is 5.69 Å². The average Bonchev–Trinajstić information content (AvgIpc) is 2.38. The summed E-state index contributed by atoms with van der Waals surface area (Å²) in [6.07, 6.45) is 1.14. The summed E-state index contributed by atoms with van der Waals surface area (Å²) in [5.41, 5.74) is 2.91. The Morgan fingerprint density at radius 2 is 1.84 bits per heavy atom. The van der Waals surface area contributed by atoms with Gasteiger partial charge in [0.1, 0.15) is 0 Å². The van der Waals surface area contributed by atoms with Gasteiger partial charge in [-0.2, -0.15) is 0 Å². The first-order valence-electron chi connectivity index (χ1n) is 7.41. The zero-order chi connectivity index (χ0) is 14.5. The fourth-order valence-electron chi connectivity index (χ4n) is 2.05. The van der Waals surface area contributed by atoms with Gasteiger partial charge in [-0.15, -0.1) is 0 Å². The first kappa shape index (κ1) is 16.0. The summed E-state index contributed by atoms with van der Waals surface area (Å²) >= 11 is 0. The molecule has 0 aromatic heterocycles. The maximum absolute atomic E-state index is 3.54. The van der Waals surface area contributed by atoms with Gasteiger partial charge >= 0.3 is 0 Å². The summed E-state index contributed by atoms with van der Waals surface area (Å²) in [5, 5.41) is 3.54. The van der Waals surface area contributed by atoms with Crippen molar-refractivity contribution in [2.24, 2.45) is 5.92 Å². The van der Waals surface area contributed by atoms with Crippen molar-refractivity contribution in [2.75, 3.05) is 18.5 Å². The minimum atomic E-state index is 0.189. The van der Waals surface area contributed by atoms with Crippen molar-refractivity contribution < 1.29 is 0 Å². The van der Waals surface area contributed by atoms with Crippen molar-refractivity contribution in [3.8, 4) is 0 Å². The highest BCUT2D eigenvalue weighted by molar-refractivity contribution is 5.54. The molecule has 2 heteroatoms. The molecule has 2 nitrogen and oxygen atoms in total. The summed E-state index contributed by atoms with van der Waals surface area (Å²) < 4.78 is 0. The number of rotatable bonds is 7. The molecule has 0 saturated heterocycles. The van der Waals surface area contributed by atoms with E-state index in [-0.39, 0.29) is 5.54 Å². The van der Waals surface area contributed by atoms with E-state index in [1.807, 2.05) is 0 Å². The van der Waals surface area contributed by atoms with Crippen molar-refractivity contribution in [2.45, 2.75) is 53.1 Å². The SMILES string of the molecule is CCC(C)(C)N(C)c1ccccc1CNCC(C)C. The normalized spacial score (nSPS) is 11.9. The van der Waals surface area contributed by atoms with Crippen LogP contribution in [0.5, 0.6) is 0 Å². The van der Waals surface area contributed by atoms with E-state index in [1.165, 1.54) is 11.3 Å². The Bertz CT molecular complexity index is 383. The molecular formula is C17H30N2. The molecule has 1 N–H and O–H groups in total. The predicted octanol–water partition coefficient (Wildman–Crippen LogP) is 4.06. The fourth-order valence-corrected chi connectivity index (χ4v) is 2.05. The van der Waals surface area contributed by atoms with E-state index in [0.717, 1.165) is 19.5 Å². The molecule has 0 saturated carbocycles. The van der Waals surface area contributed by atoms with Crippen molar-refractivity contribution in [1.29, 1.82) is 0 Å². The van der Waals surface area contributed by atoms with Crippen LogP contribution in [0.1, 0.15) is 46.6 Å². The second kappa shape index (κ2) is 6.95. The largest absolute Gasteiger partial charge is 0.369 e. The van der Waals surface area contributed by atoms with Gasteiger partial charge in [-0.1, -0.05) is 39.0 Å². The van der Waals surface area contributed by atoms with Crippen LogP contribution >= 0.6 is 0 Å². The number of hydrogen-bond donors (Lipinski definition) is 1. The van der Waals surface area contributed by atoms with Crippen LogP contribution in [-0.2, 0) is 6.54 Å². The number of para-hydroxylation sites is 1. The maximum atomic E-state index is 3.54. The van der Waals surface area contributed by atoms with Crippen LogP contribution in [-0.4, -0.2) is 19.1 Å². The van der Waals surface area contributed by atoms with Crippen LogP contribution in [0.3, 0.4) is 0 Å². The van der Waals surface area contributed by atoms with Crippen LogP contribution in [0, 0.1) is 5.92 Å². The van der Waals surface area contributed by atoms with E-state index in [9.17, 15) is 0 Å². The zero-order valence-electron chi connectivity index (χ0n) is 13.5. The molecule has 0 heterocycles. The van der Waals surface area contributed by atoms with Gasteiger partial charge in [-0.3, -0.25) is 0 Å². The molecule has 0 unspecified atom stereocenters. The Morgan fingerprint density at radius 1 is 1.21 bits per heavy atom. The predicted molar refractivity (Wildman–Crippen MR) is 85.8 cm³/mol. The van der Waals surface area contributed by atoms with E-state index in [0.29, 0.717) is 5.92 Å². The lowest BCUT2D eigenvalue weighted by atomic mass is 9.98. The van der Waals surface area contributed by atoms with Gasteiger partial charge in [0.2, 0.25) is 0 Å². The van der Waals surface area contributed by atoms with Gasteiger partial charge in [0.05, 0.1) is 0 Å². The number of nitrogens with one attached hydrogen (secondary N) is 1. The second-order valence-electron chi connectivity index (χ2n) is 6.38. The van der Waals surface area contributed by atoms with E-state index in [4.69, 9.17) is 0 Å². The van der Waals surface area contributed by atoms with E-state index >= 15 is 0 Å². The van der Waals surface area contributed by atoms with Crippen LogP contribution in [0.15, 0.2) is 24.3 Å². The summed E-state index contributed by atoms with van der Waals surface area (Å²) in [4.78, 5) is 2.40. The second-order valence-corrected chi connectivity index (χ2v) is 6.38. The third-order valence-electron chi connectivity index (χ3n) is 3.99. The molecule has 1 aromatic rings. The lowest BCUT2D eigenvalue weighted by Crippen LogP contribution is -2.41. The van der Waals surface area contributed by atoms with E-state index in [2.05, 4.69) is 76.1 Å². The first-order valence-corrected chi connectivity index (χ1v) is 7.41. The standard InChI is InChI=1S/C17H30N2/c1-7-17(4,5)19(6)16-11-9-8-10-15(16)13-18-12-14(2)3/h8-11,14,18H,7,12-13H2,1-6H3. The Morgan fingerprint density at radius 3 is 2.42 bits per heavy atom. The fraction of sp³-hybridized carbons (Fsp3) is 0.647. The third kappa shape index (κ3) is 4.54. The van der Waals surface area contributed by atoms with E-state index in [1.54, 1.807) is 0 Å². The van der Waals surface area contributed by atoms with Crippen molar-refractivity contribution in [1.82, 2.24) is 5.32 Å². The van der Waals surface area contributed by atoms with Crippen LogP contribution in [0.25, 0.3) is 0 Å². The highest BCUT2D eigenvalue weighted by Gasteiger charge is 2.22. The maximum Gasteiger partial charge on any atom is 0.0413 e. The first-order chi connectivity index (χ1) is 8.88. The topological polar surface area (TPSA) is 15.3 Å². The minimum absolute atomic E-state index is 0.189. The molecule has 0 fully saturated rings. The molecule has 0 aliphatic heterocycles. The third-order valence-corrected chi connectivity index (χ3v) is 3.99. The number of anilines is 1. The lowest BCUT2D eigenvalue weighted by Gasteiger charge is -2.38. The molecule has 0 amide bonds. The van der Waals surface area contributed by atoms with Gasteiger partial charge in [0.15, 0.2) is 0 Å². The Labute approximate surface area is 119 Å². The van der Waals surface area contributed by atoms with Crippen LogP contribution < -0.4 is 10.2 Å². The summed E-state index contributed by atoms with van der Waals surface area (Å²) in [7, 11) is 2.20. The Hall–Kier alpha value is -1.02. The molecule has 0 radical (unpaired) electrons. The summed E-state index contributed by atoms with van der Waals surface area (Å²) in [6.45, 7) is 13.3. The van der Waals surface area contributed by atoms with Gasteiger partial charge < -0.3 is 10.2 Å². The van der Waals surface area contributed by atoms with Crippen LogP contribution in [0.2, 0.25) is 0 Å². The van der Waals surface area contributed by atoms with Gasteiger partial charge in [-0.25, -0.2) is 0 Å². The number of benzene rings is 1. The number of hydrogen-bond acceptors (Lipinski definition) is 2. The minimum Gasteiger partial charge on any atom is -0.369 e. The molecule has 0 atom stereocenters. The Kier molecular flexibility index (Phi) is 5.86. The average molecular weight is 262 g/mol. The van der Waals surface area contributed by atoms with Crippen molar-refractivity contribution in [3.05, 3.63) is 29.8 Å². The lowest BCUT2D eigenvalue weighted by molar-refractivity contribution is 0.468. The molecule has 1 aromatic carbocycles. The highest BCUT2D eigenvalue weighted by Crippen LogP contribution is 2.27. The van der Waals surface area contributed by atoms with Gasteiger partial charge in [0, 0.05) is 24.8 Å². The molecule has 0 spiro atoms. The Balaban J connectivity index is 2.83. The zero-order valence-corrected chi connectivity index (χ0v) is 13.5. The summed E-state index contributed by atoms with van der Waals surface area (Å²) in [5.74, 6) is 0.692. The molecule has 108 valence electrons. The van der Waals surface area contributed by atoms with E-state index < -0.39 is 0 Å². The molecule has 0 aliphatic rings. The van der Waals surface area contributed by atoms with Crippen molar-refractivity contribution >= 4 is 5.69 Å². The molecule has 0 bridgehead atoms. The quantitative estimate of drug-likeness (QED) is 0.797. The molecule has 1 rings (SSSR count). The smallest absolute Gasteiger partial charge is 0.0413 e. The summed E-state index contributed by atoms with van der Waals surface area (Å²) in [6, 6.07) is 8.71. The number of nitrogens with zero attached hydrogens (tertiary/aromatic N) is 1. The molecule has 19 heavy (non-hydrogen) atoms. The van der Waals surface area contributed by atoms with Crippen molar-refractivity contribution in [3.63, 3.8) is 0 Å². The van der Waals surface area contributed by atoms with Gasteiger partial charge in [-0.05, 0) is 44.4 Å². The molecular weight excluding hydrogens is 232 g/mol. The van der Waals surface area contributed by atoms with Gasteiger partial charge in [0.25, 0.3) is 0 Å². The monoisotopic (exact) mass is 262 g/mol. The highest BCUT2D eigenvalue weighted by atomic mass is 15.2.